The van der Waals surface area contributed by atoms with Crippen molar-refractivity contribution < 1.29 is 9.90 Å². The van der Waals surface area contributed by atoms with Gasteiger partial charge >= 0.3 is 0 Å². The van der Waals surface area contributed by atoms with E-state index < -0.39 is 0 Å². The average molecular weight is 370 g/mol. The van der Waals surface area contributed by atoms with Crippen LogP contribution in [0.1, 0.15) is 58.8 Å². The van der Waals surface area contributed by atoms with E-state index in [1.54, 1.807) is 0 Å². The molecule has 1 amide bonds. The Kier molecular flexibility index (Phi) is 3.48. The molecule has 8 atom stereocenters. The second-order valence-corrected chi connectivity index (χ2v) is 9.94. The second-order valence-electron chi connectivity index (χ2n) is 8.83. The zero-order valence-electron chi connectivity index (χ0n) is 13.6. The average Bonchev–Trinajstić information content (AvgIpc) is 2.77. The van der Waals surface area contributed by atoms with Gasteiger partial charge in [-0.15, -0.1) is 0 Å². The van der Waals surface area contributed by atoms with Crippen LogP contribution in [0.2, 0.25) is 0 Å². The number of amides is 1. The smallest absolute Gasteiger partial charge is 0.234 e. The summed E-state index contributed by atoms with van der Waals surface area (Å²) in [5, 5.41) is 13.8. The first-order valence-electron chi connectivity index (χ1n) is 8.99. The maximum Gasteiger partial charge on any atom is 0.234 e. The quantitative estimate of drug-likeness (QED) is 0.643. The number of nitrogens with one attached hydrogen (secondary N) is 1. The van der Waals surface area contributed by atoms with Crippen LogP contribution >= 0.6 is 15.9 Å². The summed E-state index contributed by atoms with van der Waals surface area (Å²) < 4.78 is 0. The lowest BCUT2D eigenvalue weighted by molar-refractivity contribution is -0.137. The monoisotopic (exact) mass is 369 g/mol. The number of piperidine rings is 1. The lowest BCUT2D eigenvalue weighted by Gasteiger charge is -2.60. The normalized spacial score (nSPS) is 57.5. The first-order valence-corrected chi connectivity index (χ1v) is 9.90. The lowest BCUT2D eigenvalue weighted by Crippen LogP contribution is -2.63. The number of aliphatic hydroxyl groups excluding tert-OH is 1. The van der Waals surface area contributed by atoms with E-state index in [9.17, 15) is 9.90 Å². The Bertz CT molecular complexity index is 497. The molecule has 3 aliphatic carbocycles. The minimum absolute atomic E-state index is 0.0324. The maximum atomic E-state index is 12.0. The minimum Gasteiger partial charge on any atom is -0.393 e. The third-order valence-electron chi connectivity index (χ3n) is 8.04. The molecule has 0 unspecified atom stereocenters. The highest BCUT2D eigenvalue weighted by Crippen LogP contribution is 2.64. The predicted molar refractivity (Wildman–Crippen MR) is 89.7 cm³/mol. The van der Waals surface area contributed by atoms with Crippen molar-refractivity contribution in [3.8, 4) is 0 Å². The number of halogens is 1. The van der Waals surface area contributed by atoms with Crippen LogP contribution in [0.15, 0.2) is 0 Å². The van der Waals surface area contributed by atoms with Crippen LogP contribution in [0, 0.1) is 28.6 Å². The third-order valence-corrected chi connectivity index (χ3v) is 8.78. The summed E-state index contributed by atoms with van der Waals surface area (Å²) in [7, 11) is 0. The van der Waals surface area contributed by atoms with Gasteiger partial charge in [0.1, 0.15) is 0 Å². The highest BCUT2D eigenvalue weighted by atomic mass is 79.9. The Balaban J connectivity index is 1.65. The van der Waals surface area contributed by atoms with Crippen LogP contribution in [0.5, 0.6) is 0 Å². The molecule has 4 fully saturated rings. The van der Waals surface area contributed by atoms with Gasteiger partial charge in [-0.2, -0.15) is 0 Å². The summed E-state index contributed by atoms with van der Waals surface area (Å²) in [5.41, 5.74) is 0.371. The van der Waals surface area contributed by atoms with Gasteiger partial charge in [0.2, 0.25) is 5.91 Å². The molecule has 0 aromatic heterocycles. The predicted octanol–water partition coefficient (Wildman–Crippen LogP) is 3.24. The van der Waals surface area contributed by atoms with Crippen LogP contribution in [0.25, 0.3) is 0 Å². The number of fused-ring (bicyclic) bond motifs is 5. The molecule has 4 heteroatoms. The summed E-state index contributed by atoms with van der Waals surface area (Å²) >= 11 is 3.59. The molecule has 3 nitrogen and oxygen atoms in total. The highest BCUT2D eigenvalue weighted by molar-refractivity contribution is 9.10. The number of alkyl halides is 1. The van der Waals surface area contributed by atoms with Crippen molar-refractivity contribution in [1.29, 1.82) is 0 Å². The first kappa shape index (κ1) is 15.4. The Morgan fingerprint density at radius 2 is 1.82 bits per heavy atom. The summed E-state index contributed by atoms with van der Waals surface area (Å²) in [6, 6.07) is 0.353. The molecule has 0 spiro atoms. The molecule has 1 saturated heterocycles. The maximum absolute atomic E-state index is 12.0. The molecule has 4 aliphatic rings. The van der Waals surface area contributed by atoms with Gasteiger partial charge in [0.15, 0.2) is 0 Å². The molecule has 22 heavy (non-hydrogen) atoms. The van der Waals surface area contributed by atoms with Crippen LogP contribution in [-0.2, 0) is 4.79 Å². The summed E-state index contributed by atoms with van der Waals surface area (Å²) in [6.07, 6.45) is 7.78. The van der Waals surface area contributed by atoms with E-state index in [1.165, 1.54) is 19.3 Å². The van der Waals surface area contributed by atoms with Gasteiger partial charge in [0.25, 0.3) is 0 Å². The van der Waals surface area contributed by atoms with E-state index in [-0.39, 0.29) is 27.7 Å². The molecular formula is C18H28BrNO2. The molecule has 4 rings (SSSR count). The van der Waals surface area contributed by atoms with E-state index in [0.29, 0.717) is 17.9 Å². The number of carbonyl (C=O) groups excluding carboxylic acids is 1. The molecule has 0 aromatic carbocycles. The number of hydrogen-bond acceptors (Lipinski definition) is 2. The van der Waals surface area contributed by atoms with E-state index >= 15 is 0 Å². The first-order chi connectivity index (χ1) is 10.4. The summed E-state index contributed by atoms with van der Waals surface area (Å²) in [4.78, 5) is 12.0. The second kappa shape index (κ2) is 4.95. The van der Waals surface area contributed by atoms with Crippen LogP contribution in [0.4, 0.5) is 0 Å². The van der Waals surface area contributed by atoms with Gasteiger partial charge in [-0.1, -0.05) is 29.8 Å². The molecule has 3 saturated carbocycles. The molecule has 0 radical (unpaired) electrons. The van der Waals surface area contributed by atoms with Crippen molar-refractivity contribution in [2.75, 3.05) is 0 Å². The molecule has 0 bridgehead atoms. The lowest BCUT2D eigenvalue weighted by atomic mass is 9.47. The van der Waals surface area contributed by atoms with Crippen molar-refractivity contribution in [2.45, 2.75) is 75.8 Å². The van der Waals surface area contributed by atoms with Gasteiger partial charge in [-0.25, -0.2) is 0 Å². The van der Waals surface area contributed by atoms with E-state index in [1.807, 2.05) is 0 Å². The fourth-order valence-electron chi connectivity index (χ4n) is 6.70. The van der Waals surface area contributed by atoms with Gasteiger partial charge in [-0.3, -0.25) is 4.79 Å². The van der Waals surface area contributed by atoms with Crippen molar-refractivity contribution in [1.82, 2.24) is 5.32 Å². The number of rotatable bonds is 0. The zero-order valence-corrected chi connectivity index (χ0v) is 15.2. The minimum atomic E-state index is -0.0982. The van der Waals surface area contributed by atoms with E-state index in [2.05, 4.69) is 35.1 Å². The summed E-state index contributed by atoms with van der Waals surface area (Å²) in [6.45, 7) is 4.74. The Hall–Kier alpha value is -0.0900. The Morgan fingerprint density at radius 3 is 2.59 bits per heavy atom. The molecular weight excluding hydrogens is 342 g/mol. The molecule has 2 N–H and O–H groups in total. The highest BCUT2D eigenvalue weighted by Gasteiger charge is 2.60. The molecule has 0 aromatic rings. The van der Waals surface area contributed by atoms with Gasteiger partial charge in [0.05, 0.1) is 10.9 Å². The number of aliphatic hydroxyl groups is 1. The molecule has 1 heterocycles. The number of hydrogen-bond donors (Lipinski definition) is 2. The van der Waals surface area contributed by atoms with Gasteiger partial charge in [-0.05, 0) is 73.5 Å². The fourth-order valence-corrected chi connectivity index (χ4v) is 7.53. The van der Waals surface area contributed by atoms with E-state index in [4.69, 9.17) is 0 Å². The van der Waals surface area contributed by atoms with Crippen molar-refractivity contribution in [3.63, 3.8) is 0 Å². The third kappa shape index (κ3) is 1.92. The van der Waals surface area contributed by atoms with Crippen LogP contribution in [-0.4, -0.2) is 28.0 Å². The van der Waals surface area contributed by atoms with Gasteiger partial charge < -0.3 is 10.4 Å². The largest absolute Gasteiger partial charge is 0.393 e. The molecule has 1 aliphatic heterocycles. The fraction of sp³-hybridized carbons (Fsp3) is 0.944. The van der Waals surface area contributed by atoms with Crippen LogP contribution in [0.3, 0.4) is 0 Å². The van der Waals surface area contributed by atoms with Crippen molar-refractivity contribution in [2.24, 2.45) is 28.6 Å². The summed E-state index contributed by atoms with van der Waals surface area (Å²) in [5.74, 6) is 2.31. The van der Waals surface area contributed by atoms with Gasteiger partial charge in [0, 0.05) is 6.04 Å². The SMILES string of the molecule is C[C@]12C[C@@H](Br)C(=O)N[C@@H]1CC[C@@H]1[C@@H]2CC[C@]2(C)[C@@H](O)CC[C@@H]12. The van der Waals surface area contributed by atoms with E-state index in [0.717, 1.165) is 31.6 Å². The Morgan fingerprint density at radius 1 is 1.09 bits per heavy atom. The zero-order chi connectivity index (χ0) is 15.7. The molecule has 124 valence electrons. The van der Waals surface area contributed by atoms with Crippen molar-refractivity contribution >= 4 is 21.8 Å². The topological polar surface area (TPSA) is 49.3 Å². The van der Waals surface area contributed by atoms with Crippen LogP contribution < -0.4 is 5.32 Å². The number of carbonyl (C=O) groups is 1. The van der Waals surface area contributed by atoms with Crippen molar-refractivity contribution in [3.05, 3.63) is 0 Å². The standard InChI is InChI=1S/C18H28BrNO2/c1-17-8-7-12-10(11(17)4-6-15(17)21)3-5-14-18(12,2)9-13(19)16(22)20-14/h10-15,21H,3-9H2,1-2H3,(H,20,22)/t10-,11-,12-,13+,14+,15-,17-,18+/m0/s1. The Labute approximate surface area is 141 Å².